The van der Waals surface area contributed by atoms with E-state index >= 15 is 0 Å². The quantitative estimate of drug-likeness (QED) is 0.846. The lowest BCUT2D eigenvalue weighted by Crippen LogP contribution is -2.30. The molecule has 0 spiro atoms. The molecule has 0 saturated carbocycles. The Balaban J connectivity index is 0. The number of ether oxygens (including phenoxy) is 1. The normalized spacial score (nSPS) is 11.2. The number of hydrogen-bond acceptors (Lipinski definition) is 3. The SMILES string of the molecule is COc1ccc(NC[C@@H](N)CC(C)C)cc1.Cl.Cl. The summed E-state index contributed by atoms with van der Waals surface area (Å²) in [4.78, 5) is 0. The maximum atomic E-state index is 5.99. The van der Waals surface area contributed by atoms with Gasteiger partial charge in [0, 0.05) is 18.3 Å². The van der Waals surface area contributed by atoms with E-state index in [1.165, 1.54) is 0 Å². The Hall–Kier alpha value is -0.640. The molecule has 0 amide bonds. The lowest BCUT2D eigenvalue weighted by Gasteiger charge is -2.15. The van der Waals surface area contributed by atoms with Crippen LogP contribution in [-0.4, -0.2) is 19.7 Å². The molecule has 0 heterocycles. The van der Waals surface area contributed by atoms with Crippen molar-refractivity contribution in [1.82, 2.24) is 0 Å². The first-order valence-corrected chi connectivity index (χ1v) is 5.75. The Bertz CT molecular complexity index is 304. The van der Waals surface area contributed by atoms with Gasteiger partial charge in [0.15, 0.2) is 0 Å². The van der Waals surface area contributed by atoms with Crippen molar-refractivity contribution >= 4 is 30.5 Å². The van der Waals surface area contributed by atoms with E-state index in [0.29, 0.717) is 5.92 Å². The molecule has 3 N–H and O–H groups in total. The van der Waals surface area contributed by atoms with E-state index in [0.717, 1.165) is 24.4 Å². The molecule has 1 rings (SSSR count). The van der Waals surface area contributed by atoms with Crippen LogP contribution < -0.4 is 15.8 Å². The minimum Gasteiger partial charge on any atom is -0.497 e. The lowest BCUT2D eigenvalue weighted by molar-refractivity contribution is 0.415. The highest BCUT2D eigenvalue weighted by Crippen LogP contribution is 2.15. The lowest BCUT2D eigenvalue weighted by atomic mass is 10.0. The van der Waals surface area contributed by atoms with Crippen molar-refractivity contribution in [2.24, 2.45) is 11.7 Å². The van der Waals surface area contributed by atoms with Crippen LogP contribution >= 0.6 is 24.8 Å². The van der Waals surface area contributed by atoms with Gasteiger partial charge in [-0.1, -0.05) is 13.8 Å². The van der Waals surface area contributed by atoms with E-state index < -0.39 is 0 Å². The standard InChI is InChI=1S/C13H22N2O.2ClH/c1-10(2)8-11(14)9-15-12-4-6-13(16-3)7-5-12;;/h4-7,10-11,15H,8-9,14H2,1-3H3;2*1H/t11-;;/m0../s1. The number of halogens is 2. The Kier molecular flexibility index (Phi) is 11.3. The molecule has 0 unspecified atom stereocenters. The zero-order chi connectivity index (χ0) is 12.0. The average molecular weight is 295 g/mol. The van der Waals surface area contributed by atoms with Gasteiger partial charge in [-0.2, -0.15) is 0 Å². The third-order valence-corrected chi connectivity index (χ3v) is 2.43. The summed E-state index contributed by atoms with van der Waals surface area (Å²) >= 11 is 0. The molecule has 1 atom stereocenters. The van der Waals surface area contributed by atoms with Crippen LogP contribution in [0.5, 0.6) is 5.75 Å². The van der Waals surface area contributed by atoms with Crippen molar-refractivity contribution in [1.29, 1.82) is 0 Å². The fourth-order valence-corrected chi connectivity index (χ4v) is 1.65. The Morgan fingerprint density at radius 1 is 1.17 bits per heavy atom. The molecular formula is C13H24Cl2N2O. The van der Waals surface area contributed by atoms with Crippen molar-refractivity contribution in [3.63, 3.8) is 0 Å². The predicted octanol–water partition coefficient (Wildman–Crippen LogP) is 3.32. The molecule has 0 aliphatic carbocycles. The number of nitrogens with one attached hydrogen (secondary N) is 1. The summed E-state index contributed by atoms with van der Waals surface area (Å²) in [5, 5.41) is 3.32. The molecule has 106 valence electrons. The number of rotatable bonds is 6. The van der Waals surface area contributed by atoms with Gasteiger partial charge in [-0.3, -0.25) is 0 Å². The highest BCUT2D eigenvalue weighted by Gasteiger charge is 2.04. The first-order valence-electron chi connectivity index (χ1n) is 5.75. The van der Waals surface area contributed by atoms with Gasteiger partial charge in [-0.05, 0) is 36.6 Å². The molecule has 0 aliphatic rings. The molecular weight excluding hydrogens is 271 g/mol. The minimum atomic E-state index is 0. The van der Waals surface area contributed by atoms with Crippen molar-refractivity contribution in [3.05, 3.63) is 24.3 Å². The Morgan fingerprint density at radius 2 is 1.72 bits per heavy atom. The van der Waals surface area contributed by atoms with Crippen molar-refractivity contribution in [2.45, 2.75) is 26.3 Å². The van der Waals surface area contributed by atoms with Crippen molar-refractivity contribution < 1.29 is 4.74 Å². The maximum absolute atomic E-state index is 5.99. The zero-order valence-corrected chi connectivity index (χ0v) is 12.8. The first-order chi connectivity index (χ1) is 7.61. The summed E-state index contributed by atoms with van der Waals surface area (Å²) in [6.07, 6.45) is 1.04. The predicted molar refractivity (Wildman–Crippen MR) is 83.4 cm³/mol. The van der Waals surface area contributed by atoms with Crippen LogP contribution in [-0.2, 0) is 0 Å². The highest BCUT2D eigenvalue weighted by molar-refractivity contribution is 5.85. The second-order valence-corrected chi connectivity index (χ2v) is 4.50. The van der Waals surface area contributed by atoms with Crippen LogP contribution in [0.4, 0.5) is 5.69 Å². The second-order valence-electron chi connectivity index (χ2n) is 4.50. The van der Waals surface area contributed by atoms with E-state index in [1.54, 1.807) is 7.11 Å². The second kappa shape index (κ2) is 10.3. The van der Waals surface area contributed by atoms with E-state index in [-0.39, 0.29) is 30.9 Å². The summed E-state index contributed by atoms with van der Waals surface area (Å²) in [6.45, 7) is 5.19. The number of nitrogens with two attached hydrogens (primary N) is 1. The summed E-state index contributed by atoms with van der Waals surface area (Å²) in [5.74, 6) is 1.52. The molecule has 0 fully saturated rings. The monoisotopic (exact) mass is 294 g/mol. The number of methoxy groups -OCH3 is 1. The topological polar surface area (TPSA) is 47.3 Å². The van der Waals surface area contributed by atoms with E-state index in [4.69, 9.17) is 10.5 Å². The van der Waals surface area contributed by atoms with Crippen LogP contribution in [0.3, 0.4) is 0 Å². The van der Waals surface area contributed by atoms with Crippen LogP contribution in [0.2, 0.25) is 0 Å². The molecule has 0 aliphatic heterocycles. The van der Waals surface area contributed by atoms with E-state index in [2.05, 4.69) is 19.2 Å². The van der Waals surface area contributed by atoms with Gasteiger partial charge in [0.2, 0.25) is 0 Å². The average Bonchev–Trinajstić information content (AvgIpc) is 2.26. The fourth-order valence-electron chi connectivity index (χ4n) is 1.65. The van der Waals surface area contributed by atoms with Gasteiger partial charge in [0.05, 0.1) is 7.11 Å². The number of benzene rings is 1. The smallest absolute Gasteiger partial charge is 0.119 e. The largest absolute Gasteiger partial charge is 0.497 e. The molecule has 0 aromatic heterocycles. The maximum Gasteiger partial charge on any atom is 0.119 e. The van der Waals surface area contributed by atoms with Gasteiger partial charge >= 0.3 is 0 Å². The number of hydrogen-bond donors (Lipinski definition) is 2. The zero-order valence-electron chi connectivity index (χ0n) is 11.2. The van der Waals surface area contributed by atoms with Crippen LogP contribution in [0.15, 0.2) is 24.3 Å². The molecule has 0 radical (unpaired) electrons. The Labute approximate surface area is 122 Å². The third kappa shape index (κ3) is 7.64. The molecule has 18 heavy (non-hydrogen) atoms. The molecule has 1 aromatic rings. The van der Waals surface area contributed by atoms with Crippen LogP contribution in [0.1, 0.15) is 20.3 Å². The minimum absolute atomic E-state index is 0. The molecule has 1 aromatic carbocycles. The molecule has 5 heteroatoms. The van der Waals surface area contributed by atoms with E-state index in [9.17, 15) is 0 Å². The molecule has 0 saturated heterocycles. The summed E-state index contributed by atoms with van der Waals surface area (Å²) < 4.78 is 5.09. The first kappa shape index (κ1) is 19.7. The van der Waals surface area contributed by atoms with Gasteiger partial charge in [0.1, 0.15) is 5.75 Å². The summed E-state index contributed by atoms with van der Waals surface area (Å²) in [7, 11) is 1.67. The van der Waals surface area contributed by atoms with Crippen molar-refractivity contribution in [2.75, 3.05) is 19.0 Å². The molecule has 0 bridgehead atoms. The third-order valence-electron chi connectivity index (χ3n) is 2.43. The molecule has 3 nitrogen and oxygen atoms in total. The van der Waals surface area contributed by atoms with E-state index in [1.807, 2.05) is 24.3 Å². The van der Waals surface area contributed by atoms with Gasteiger partial charge in [-0.25, -0.2) is 0 Å². The van der Waals surface area contributed by atoms with Crippen LogP contribution in [0.25, 0.3) is 0 Å². The van der Waals surface area contributed by atoms with Crippen LogP contribution in [0, 0.1) is 5.92 Å². The van der Waals surface area contributed by atoms with Gasteiger partial charge in [0.25, 0.3) is 0 Å². The summed E-state index contributed by atoms with van der Waals surface area (Å²) in [6, 6.07) is 8.09. The van der Waals surface area contributed by atoms with Crippen molar-refractivity contribution in [3.8, 4) is 5.75 Å². The highest BCUT2D eigenvalue weighted by atomic mass is 35.5. The fraction of sp³-hybridized carbons (Fsp3) is 0.538. The van der Waals surface area contributed by atoms with Gasteiger partial charge in [-0.15, -0.1) is 24.8 Å². The Morgan fingerprint density at radius 3 is 2.17 bits per heavy atom. The van der Waals surface area contributed by atoms with Gasteiger partial charge < -0.3 is 15.8 Å². The number of anilines is 1. The summed E-state index contributed by atoms with van der Waals surface area (Å²) in [5.41, 5.74) is 7.07.